The Morgan fingerprint density at radius 3 is 2.36 bits per heavy atom. The average Bonchev–Trinajstić information content (AvgIpc) is 2.97. The van der Waals surface area contributed by atoms with Gasteiger partial charge in [0.15, 0.2) is 17.5 Å². The summed E-state index contributed by atoms with van der Waals surface area (Å²) < 4.78 is 39.3. The average molecular weight is 338 g/mol. The molecule has 3 aromatic carbocycles. The van der Waals surface area contributed by atoms with Crippen molar-refractivity contribution in [2.24, 2.45) is 5.10 Å². The van der Waals surface area contributed by atoms with Gasteiger partial charge in [0.1, 0.15) is 0 Å². The van der Waals surface area contributed by atoms with Gasteiger partial charge in [0.2, 0.25) is 0 Å². The van der Waals surface area contributed by atoms with Gasteiger partial charge in [-0.25, -0.2) is 13.2 Å². The Bertz CT molecular complexity index is 973. The van der Waals surface area contributed by atoms with Crippen LogP contribution in [0.3, 0.4) is 0 Å². The van der Waals surface area contributed by atoms with Crippen molar-refractivity contribution in [3.63, 3.8) is 0 Å². The van der Waals surface area contributed by atoms with Gasteiger partial charge >= 0.3 is 0 Å². The molecule has 0 saturated heterocycles. The van der Waals surface area contributed by atoms with Gasteiger partial charge in [-0.15, -0.1) is 0 Å². The molecule has 124 valence electrons. The van der Waals surface area contributed by atoms with Gasteiger partial charge < -0.3 is 0 Å². The highest BCUT2D eigenvalue weighted by Gasteiger charge is 2.17. The molecular formula is C20H13F3N2. The van der Waals surface area contributed by atoms with E-state index < -0.39 is 17.5 Å². The summed E-state index contributed by atoms with van der Waals surface area (Å²) in [7, 11) is 0. The second kappa shape index (κ2) is 6.09. The second-order valence-electron chi connectivity index (χ2n) is 5.87. The number of benzene rings is 3. The van der Waals surface area contributed by atoms with Crippen LogP contribution in [0.1, 0.15) is 16.7 Å². The van der Waals surface area contributed by atoms with Crippen LogP contribution in [0, 0.1) is 17.5 Å². The van der Waals surface area contributed by atoms with E-state index in [1.807, 2.05) is 30.3 Å². The lowest BCUT2D eigenvalue weighted by atomic mass is 10.1. The number of nitrogens with zero attached hydrogens (tertiary/aromatic N) is 1. The summed E-state index contributed by atoms with van der Waals surface area (Å²) in [5.74, 6) is -3.96. The number of hydrazone groups is 1. The molecule has 25 heavy (non-hydrogen) atoms. The maximum absolute atomic E-state index is 13.2. The molecule has 0 aromatic heterocycles. The molecule has 0 spiro atoms. The van der Waals surface area contributed by atoms with E-state index in [4.69, 9.17) is 0 Å². The molecule has 1 aliphatic carbocycles. The summed E-state index contributed by atoms with van der Waals surface area (Å²) >= 11 is 0. The third kappa shape index (κ3) is 2.89. The molecule has 1 aliphatic rings. The Balaban J connectivity index is 1.52. The number of fused-ring (bicyclic) bond motifs is 3. The monoisotopic (exact) mass is 338 g/mol. The first-order chi connectivity index (χ1) is 12.1. The van der Waals surface area contributed by atoms with E-state index in [0.29, 0.717) is 0 Å². The van der Waals surface area contributed by atoms with Gasteiger partial charge in [0, 0.05) is 5.56 Å². The third-order valence-corrected chi connectivity index (χ3v) is 4.21. The number of rotatable bonds is 3. The maximum atomic E-state index is 13.2. The zero-order valence-corrected chi connectivity index (χ0v) is 13.1. The van der Waals surface area contributed by atoms with E-state index in [-0.39, 0.29) is 5.56 Å². The maximum Gasteiger partial charge on any atom is 0.194 e. The smallest absolute Gasteiger partial charge is 0.194 e. The third-order valence-electron chi connectivity index (χ3n) is 4.21. The van der Waals surface area contributed by atoms with Crippen molar-refractivity contribution in [3.8, 4) is 11.1 Å². The first-order valence-corrected chi connectivity index (χ1v) is 7.76. The lowest BCUT2D eigenvalue weighted by molar-refractivity contribution is 0.447. The van der Waals surface area contributed by atoms with Crippen molar-refractivity contribution < 1.29 is 13.2 Å². The first-order valence-electron chi connectivity index (χ1n) is 7.76. The fraction of sp³-hybridized carbons (Fsp3) is 0.0500. The molecule has 4 rings (SSSR count). The molecule has 3 aromatic rings. The van der Waals surface area contributed by atoms with Crippen LogP contribution in [0.5, 0.6) is 0 Å². The minimum Gasteiger partial charge on any atom is -0.278 e. The lowest BCUT2D eigenvalue weighted by Gasteiger charge is -2.05. The molecule has 0 aliphatic heterocycles. The largest absolute Gasteiger partial charge is 0.278 e. The van der Waals surface area contributed by atoms with Crippen LogP contribution in [-0.4, -0.2) is 6.21 Å². The van der Waals surface area contributed by atoms with Crippen molar-refractivity contribution in [3.05, 3.63) is 88.7 Å². The Hall–Kier alpha value is -3.08. The normalized spacial score (nSPS) is 12.3. The van der Waals surface area contributed by atoms with Crippen molar-refractivity contribution in [1.29, 1.82) is 0 Å². The quantitative estimate of drug-likeness (QED) is 0.313. The van der Waals surface area contributed by atoms with Crippen molar-refractivity contribution in [1.82, 2.24) is 0 Å². The van der Waals surface area contributed by atoms with Crippen LogP contribution >= 0.6 is 0 Å². The van der Waals surface area contributed by atoms with Crippen molar-refractivity contribution in [2.45, 2.75) is 6.42 Å². The number of hydrogen-bond acceptors (Lipinski definition) is 2. The molecule has 1 N–H and O–H groups in total. The molecule has 0 bridgehead atoms. The predicted molar refractivity (Wildman–Crippen MR) is 92.2 cm³/mol. The van der Waals surface area contributed by atoms with E-state index in [0.717, 1.165) is 24.2 Å². The number of hydrogen-bond donors (Lipinski definition) is 1. The highest BCUT2D eigenvalue weighted by atomic mass is 19.2. The summed E-state index contributed by atoms with van der Waals surface area (Å²) in [6.45, 7) is 0. The highest BCUT2D eigenvalue weighted by molar-refractivity contribution is 5.81. The van der Waals surface area contributed by atoms with Crippen molar-refractivity contribution >= 4 is 11.9 Å². The van der Waals surface area contributed by atoms with E-state index in [1.54, 1.807) is 0 Å². The van der Waals surface area contributed by atoms with Gasteiger partial charge in [-0.2, -0.15) is 5.10 Å². The van der Waals surface area contributed by atoms with Crippen LogP contribution in [0.2, 0.25) is 0 Å². The summed E-state index contributed by atoms with van der Waals surface area (Å²) in [4.78, 5) is 0. The minimum atomic E-state index is -1.48. The second-order valence-corrected chi connectivity index (χ2v) is 5.87. The Morgan fingerprint density at radius 1 is 0.840 bits per heavy atom. The number of anilines is 1. The summed E-state index contributed by atoms with van der Waals surface area (Å²) in [6.07, 6.45) is 2.10. The molecule has 2 nitrogen and oxygen atoms in total. The summed E-state index contributed by atoms with van der Waals surface area (Å²) in [5, 5.41) is 3.97. The first kappa shape index (κ1) is 15.4. The molecule has 0 heterocycles. The van der Waals surface area contributed by atoms with E-state index in [1.165, 1.54) is 28.5 Å². The Labute approximate surface area is 142 Å². The number of halogens is 3. The van der Waals surface area contributed by atoms with Gasteiger partial charge in [-0.1, -0.05) is 30.3 Å². The molecule has 0 fully saturated rings. The van der Waals surface area contributed by atoms with Gasteiger partial charge in [-0.3, -0.25) is 5.43 Å². The van der Waals surface area contributed by atoms with Crippen LogP contribution in [-0.2, 0) is 6.42 Å². The zero-order chi connectivity index (χ0) is 17.4. The minimum absolute atomic E-state index is 0.137. The van der Waals surface area contributed by atoms with Crippen LogP contribution in [0.15, 0.2) is 59.7 Å². The van der Waals surface area contributed by atoms with Gasteiger partial charge in [-0.05, 0) is 52.9 Å². The van der Waals surface area contributed by atoms with Crippen LogP contribution < -0.4 is 5.43 Å². The summed E-state index contributed by atoms with van der Waals surface area (Å²) in [6, 6.07) is 16.0. The molecule has 5 heteroatoms. The Morgan fingerprint density at radius 2 is 1.56 bits per heavy atom. The highest BCUT2D eigenvalue weighted by Crippen LogP contribution is 2.37. The van der Waals surface area contributed by atoms with E-state index >= 15 is 0 Å². The van der Waals surface area contributed by atoms with E-state index in [2.05, 4.69) is 22.7 Å². The summed E-state index contributed by atoms with van der Waals surface area (Å²) in [5.41, 5.74) is 8.66. The fourth-order valence-electron chi connectivity index (χ4n) is 3.05. The van der Waals surface area contributed by atoms with Crippen LogP contribution in [0.4, 0.5) is 18.9 Å². The van der Waals surface area contributed by atoms with Gasteiger partial charge in [0.25, 0.3) is 0 Å². The zero-order valence-electron chi connectivity index (χ0n) is 13.1. The van der Waals surface area contributed by atoms with Gasteiger partial charge in [0.05, 0.1) is 11.9 Å². The molecule has 0 unspecified atom stereocenters. The molecule has 0 amide bonds. The standard InChI is InChI=1S/C20H13F3N2/c21-18-7-12(8-19(22)20(18)23)11-24-25-15-5-6-17-14(10-15)9-13-3-1-2-4-16(13)17/h1-8,10-11,25H,9H2/b24-11+. The Kier molecular flexibility index (Phi) is 3.76. The predicted octanol–water partition coefficient (Wildman–Crippen LogP) is 5.12. The van der Waals surface area contributed by atoms with Crippen molar-refractivity contribution in [2.75, 3.05) is 5.43 Å². The molecule has 0 atom stereocenters. The fourth-order valence-corrected chi connectivity index (χ4v) is 3.05. The topological polar surface area (TPSA) is 24.4 Å². The number of nitrogens with one attached hydrogen (secondary N) is 1. The van der Waals surface area contributed by atoms with Crippen LogP contribution in [0.25, 0.3) is 11.1 Å². The molecular weight excluding hydrogens is 325 g/mol. The molecule has 0 saturated carbocycles. The lowest BCUT2D eigenvalue weighted by Crippen LogP contribution is -1.96. The molecule has 0 radical (unpaired) electrons. The SMILES string of the molecule is Fc1cc(/C=N/Nc2ccc3c(c2)Cc2ccccc2-3)cc(F)c1F. The van der Waals surface area contributed by atoms with E-state index in [9.17, 15) is 13.2 Å².